The van der Waals surface area contributed by atoms with Crippen molar-refractivity contribution in [1.82, 2.24) is 4.31 Å². The highest BCUT2D eigenvalue weighted by Gasteiger charge is 2.34. The normalized spacial score (nSPS) is 18.0. The topological polar surface area (TPSA) is 72.9 Å². The van der Waals surface area contributed by atoms with Gasteiger partial charge in [-0.25, -0.2) is 8.42 Å². The lowest BCUT2D eigenvalue weighted by molar-refractivity contribution is -0.150. The van der Waals surface area contributed by atoms with Crippen molar-refractivity contribution in [2.45, 2.75) is 30.9 Å². The van der Waals surface area contributed by atoms with Crippen LogP contribution in [0.1, 0.15) is 24.0 Å². The highest BCUT2D eigenvalue weighted by Crippen LogP contribution is 2.27. The van der Waals surface area contributed by atoms with E-state index in [2.05, 4.69) is 6.07 Å². The minimum atomic E-state index is -3.54. The van der Waals surface area contributed by atoms with E-state index >= 15 is 0 Å². The summed E-state index contributed by atoms with van der Waals surface area (Å²) in [4.78, 5) is 12.4. The molecule has 2 heterocycles. The summed E-state index contributed by atoms with van der Waals surface area (Å²) in [6, 6.07) is 9.23. The van der Waals surface area contributed by atoms with E-state index in [1.807, 2.05) is 26.0 Å². The van der Waals surface area contributed by atoms with E-state index < -0.39 is 15.9 Å². The number of hydrogen-bond acceptors (Lipinski definition) is 6. The molecule has 1 saturated heterocycles. The van der Waals surface area contributed by atoms with Gasteiger partial charge in [0.15, 0.2) is 0 Å². The maximum Gasteiger partial charge on any atom is 0.310 e. The molecule has 1 unspecified atom stereocenters. The lowest BCUT2D eigenvalue weighted by Gasteiger charge is -2.30. The van der Waals surface area contributed by atoms with Gasteiger partial charge in [-0.3, -0.25) is 4.79 Å². The maximum atomic E-state index is 12.7. The molecule has 0 radical (unpaired) electrons. The minimum Gasteiger partial charge on any atom is -0.490 e. The number of esters is 1. The fourth-order valence-corrected chi connectivity index (χ4v) is 5.99. The molecule has 1 aliphatic heterocycles. The molecule has 1 aromatic carbocycles. The Hall–Kier alpha value is -1.90. The summed E-state index contributed by atoms with van der Waals surface area (Å²) in [6.45, 7) is 4.99. The molecule has 0 bridgehead atoms. The van der Waals surface area contributed by atoms with Crippen LogP contribution in [0.2, 0.25) is 0 Å². The van der Waals surface area contributed by atoms with E-state index in [4.69, 9.17) is 9.47 Å². The van der Waals surface area contributed by atoms with E-state index in [-0.39, 0.29) is 25.7 Å². The Kier molecular flexibility index (Phi) is 6.74. The molecule has 0 spiro atoms. The number of nitrogens with zero attached hydrogens (tertiary/aromatic N) is 1. The van der Waals surface area contributed by atoms with Crippen LogP contribution >= 0.6 is 11.3 Å². The summed E-state index contributed by atoms with van der Waals surface area (Å²) in [5, 5.41) is 1.73. The first-order chi connectivity index (χ1) is 13.4. The van der Waals surface area contributed by atoms with Gasteiger partial charge < -0.3 is 9.47 Å². The average molecular weight is 424 g/mol. The number of hydrogen-bond donors (Lipinski definition) is 0. The SMILES string of the molecule is Cc1cc(C)cc(OCCOC(=O)C2CCCN(S(=O)(=O)c3cccs3)C2)c1. The van der Waals surface area contributed by atoms with Crippen molar-refractivity contribution in [2.75, 3.05) is 26.3 Å². The summed E-state index contributed by atoms with van der Waals surface area (Å²) in [5.41, 5.74) is 2.22. The van der Waals surface area contributed by atoms with Crippen molar-refractivity contribution in [3.8, 4) is 5.75 Å². The van der Waals surface area contributed by atoms with E-state index in [0.29, 0.717) is 23.6 Å². The van der Waals surface area contributed by atoms with Crippen LogP contribution in [0.5, 0.6) is 5.75 Å². The quantitative estimate of drug-likeness (QED) is 0.504. The molecule has 0 aliphatic carbocycles. The summed E-state index contributed by atoms with van der Waals surface area (Å²) in [5.74, 6) is -0.0563. The molecule has 0 amide bonds. The number of thiophene rings is 1. The second-order valence-corrected chi connectivity index (χ2v) is 10.1. The van der Waals surface area contributed by atoms with Crippen molar-refractivity contribution >= 4 is 27.3 Å². The van der Waals surface area contributed by atoms with Gasteiger partial charge in [0.05, 0.1) is 5.92 Å². The standard InChI is InChI=1S/C20H25NO5S2/c1-15-11-16(2)13-18(12-15)25-8-9-26-20(22)17-5-3-7-21(14-17)28(23,24)19-6-4-10-27-19/h4,6,10-13,17H,3,5,7-9,14H2,1-2H3. The second-order valence-electron chi connectivity index (χ2n) is 6.97. The van der Waals surface area contributed by atoms with Crippen molar-refractivity contribution in [2.24, 2.45) is 5.92 Å². The van der Waals surface area contributed by atoms with Crippen molar-refractivity contribution < 1.29 is 22.7 Å². The van der Waals surface area contributed by atoms with Gasteiger partial charge in [0.2, 0.25) is 0 Å². The molecule has 1 atom stereocenters. The Morgan fingerprint density at radius 2 is 1.96 bits per heavy atom. The molecule has 1 fully saturated rings. The lowest BCUT2D eigenvalue weighted by Crippen LogP contribution is -2.42. The molecule has 0 N–H and O–H groups in total. The van der Waals surface area contributed by atoms with Crippen molar-refractivity contribution in [1.29, 1.82) is 0 Å². The second kappa shape index (κ2) is 9.07. The zero-order chi connectivity index (χ0) is 20.1. The van der Waals surface area contributed by atoms with Crippen molar-refractivity contribution in [3.05, 3.63) is 46.8 Å². The molecule has 3 rings (SSSR count). The van der Waals surface area contributed by atoms with Gasteiger partial charge in [0.25, 0.3) is 10.0 Å². The van der Waals surface area contributed by atoms with Gasteiger partial charge in [-0.1, -0.05) is 12.1 Å². The van der Waals surface area contributed by atoms with Crippen LogP contribution in [-0.2, 0) is 19.6 Å². The Balaban J connectivity index is 1.49. The first-order valence-electron chi connectivity index (χ1n) is 9.27. The summed E-state index contributed by atoms with van der Waals surface area (Å²) in [6.07, 6.45) is 1.27. The zero-order valence-corrected chi connectivity index (χ0v) is 17.7. The zero-order valence-electron chi connectivity index (χ0n) is 16.1. The first-order valence-corrected chi connectivity index (χ1v) is 11.6. The van der Waals surface area contributed by atoms with Crippen LogP contribution in [-0.4, -0.2) is 45.0 Å². The number of ether oxygens (including phenoxy) is 2. The molecule has 28 heavy (non-hydrogen) atoms. The molecule has 8 heteroatoms. The molecule has 2 aromatic rings. The Bertz CT molecular complexity index is 888. The van der Waals surface area contributed by atoms with Gasteiger partial charge in [-0.2, -0.15) is 4.31 Å². The Labute approximate surface area is 170 Å². The third kappa shape index (κ3) is 5.12. The number of carbonyl (C=O) groups excluding carboxylic acids is 1. The number of carbonyl (C=O) groups is 1. The van der Waals surface area contributed by atoms with E-state index in [1.165, 1.54) is 15.6 Å². The summed E-state index contributed by atoms with van der Waals surface area (Å²) in [7, 11) is -3.54. The highest BCUT2D eigenvalue weighted by molar-refractivity contribution is 7.91. The van der Waals surface area contributed by atoms with Gasteiger partial charge >= 0.3 is 5.97 Å². The first kappa shape index (κ1) is 20.8. The predicted molar refractivity (Wildman–Crippen MR) is 108 cm³/mol. The molecular weight excluding hydrogens is 398 g/mol. The van der Waals surface area contributed by atoms with Crippen molar-refractivity contribution in [3.63, 3.8) is 0 Å². The van der Waals surface area contributed by atoms with E-state index in [1.54, 1.807) is 17.5 Å². The summed E-state index contributed by atoms with van der Waals surface area (Å²) >= 11 is 1.19. The largest absolute Gasteiger partial charge is 0.490 e. The maximum absolute atomic E-state index is 12.7. The van der Waals surface area contributed by atoms with Crippen LogP contribution in [0.25, 0.3) is 0 Å². The molecule has 1 aromatic heterocycles. The van der Waals surface area contributed by atoms with Crippen LogP contribution in [0.3, 0.4) is 0 Å². The smallest absolute Gasteiger partial charge is 0.310 e. The molecule has 6 nitrogen and oxygen atoms in total. The van der Waals surface area contributed by atoms with Crippen LogP contribution < -0.4 is 4.74 Å². The van der Waals surface area contributed by atoms with E-state index in [9.17, 15) is 13.2 Å². The van der Waals surface area contributed by atoms with E-state index in [0.717, 1.165) is 16.9 Å². The van der Waals surface area contributed by atoms with Crippen LogP contribution in [0, 0.1) is 19.8 Å². The fourth-order valence-electron chi connectivity index (χ4n) is 3.33. The number of rotatable bonds is 7. The monoisotopic (exact) mass is 423 g/mol. The van der Waals surface area contributed by atoms with Crippen LogP contribution in [0.15, 0.2) is 39.9 Å². The third-order valence-electron chi connectivity index (χ3n) is 4.60. The Morgan fingerprint density at radius 1 is 1.21 bits per heavy atom. The number of benzene rings is 1. The van der Waals surface area contributed by atoms with Gasteiger partial charge in [0, 0.05) is 13.1 Å². The fraction of sp³-hybridized carbons (Fsp3) is 0.450. The van der Waals surface area contributed by atoms with Gasteiger partial charge in [-0.15, -0.1) is 11.3 Å². The summed E-state index contributed by atoms with van der Waals surface area (Å²) < 4.78 is 38.0. The molecule has 0 saturated carbocycles. The van der Waals surface area contributed by atoms with Crippen LogP contribution in [0.4, 0.5) is 0 Å². The number of piperidine rings is 1. The Morgan fingerprint density at radius 3 is 2.64 bits per heavy atom. The number of aryl methyl sites for hydroxylation is 2. The molecular formula is C20H25NO5S2. The lowest BCUT2D eigenvalue weighted by atomic mass is 10.0. The van der Waals surface area contributed by atoms with Gasteiger partial charge in [0.1, 0.15) is 23.2 Å². The molecule has 152 valence electrons. The number of sulfonamides is 1. The highest BCUT2D eigenvalue weighted by atomic mass is 32.2. The minimum absolute atomic E-state index is 0.139. The van der Waals surface area contributed by atoms with Gasteiger partial charge in [-0.05, 0) is 61.4 Å². The third-order valence-corrected chi connectivity index (χ3v) is 7.84. The molecule has 1 aliphatic rings. The predicted octanol–water partition coefficient (Wildman–Crippen LogP) is 3.39. The average Bonchev–Trinajstić information content (AvgIpc) is 3.20.